The minimum Gasteiger partial charge on any atom is -0.494 e. The van der Waals surface area contributed by atoms with Gasteiger partial charge >= 0.3 is 6.18 Å². The fraction of sp³-hybridized carbons (Fsp3) is 0.429. The summed E-state index contributed by atoms with van der Waals surface area (Å²) in [4.78, 5) is 26.2. The fourth-order valence-electron chi connectivity index (χ4n) is 4.37. The molecule has 11 heteroatoms. The maximum absolute atomic E-state index is 13.3. The van der Waals surface area contributed by atoms with Crippen LogP contribution in [-0.2, 0) is 30.6 Å². The van der Waals surface area contributed by atoms with Gasteiger partial charge in [0.25, 0.3) is 11.8 Å². The van der Waals surface area contributed by atoms with Crippen molar-refractivity contribution in [2.45, 2.75) is 64.1 Å². The maximum atomic E-state index is 13.3. The van der Waals surface area contributed by atoms with Crippen LogP contribution in [0, 0.1) is 0 Å². The highest BCUT2D eigenvalue weighted by molar-refractivity contribution is 7.89. The molecule has 3 rings (SSSR count). The van der Waals surface area contributed by atoms with Gasteiger partial charge in [-0.05, 0) is 53.2 Å². The number of hydrogen-bond acceptors (Lipinski definition) is 5. The molecule has 39 heavy (non-hydrogen) atoms. The third kappa shape index (κ3) is 8.08. The zero-order valence-corrected chi connectivity index (χ0v) is 23.3. The first kappa shape index (κ1) is 30.2. The highest BCUT2D eigenvalue weighted by Gasteiger charge is 2.40. The lowest BCUT2D eigenvalue weighted by atomic mass is 9.77. The predicted octanol–water partition coefficient (Wildman–Crippen LogP) is 4.97. The summed E-state index contributed by atoms with van der Waals surface area (Å²) in [6, 6.07) is 14.0. The molecule has 1 unspecified atom stereocenters. The quantitative estimate of drug-likeness (QED) is 0.347. The average molecular weight is 567 g/mol. The van der Waals surface area contributed by atoms with Crippen molar-refractivity contribution in [3.8, 4) is 5.75 Å². The second kappa shape index (κ2) is 11.0. The molecule has 0 saturated carbocycles. The van der Waals surface area contributed by atoms with E-state index in [0.717, 1.165) is 11.8 Å². The van der Waals surface area contributed by atoms with Crippen molar-refractivity contribution in [2.24, 2.45) is 0 Å². The molecule has 0 aromatic heterocycles. The molecular formula is C28H33F3N2O5S. The molecule has 212 valence electrons. The summed E-state index contributed by atoms with van der Waals surface area (Å²) in [5, 5.41) is 2.83. The van der Waals surface area contributed by atoms with E-state index in [2.05, 4.69) is 26.1 Å². The highest BCUT2D eigenvalue weighted by Crippen LogP contribution is 2.39. The number of carbonyl (C=O) groups excluding carboxylic acids is 2. The Kier molecular flexibility index (Phi) is 8.54. The van der Waals surface area contributed by atoms with Gasteiger partial charge in [0, 0.05) is 12.8 Å². The first-order chi connectivity index (χ1) is 17.9. The number of hydrogen-bond donors (Lipinski definition) is 2. The van der Waals surface area contributed by atoms with Gasteiger partial charge in [0.15, 0.2) is 0 Å². The first-order valence-corrected chi connectivity index (χ1v) is 14.3. The summed E-state index contributed by atoms with van der Waals surface area (Å²) >= 11 is 0. The van der Waals surface area contributed by atoms with E-state index in [4.69, 9.17) is 4.74 Å². The van der Waals surface area contributed by atoms with E-state index in [0.29, 0.717) is 22.4 Å². The van der Waals surface area contributed by atoms with Crippen LogP contribution in [0.4, 0.5) is 13.2 Å². The molecule has 0 spiro atoms. The lowest BCUT2D eigenvalue weighted by Crippen LogP contribution is -2.50. The van der Waals surface area contributed by atoms with Crippen LogP contribution in [0.15, 0.2) is 54.1 Å². The molecule has 0 fully saturated rings. The summed E-state index contributed by atoms with van der Waals surface area (Å²) in [5.74, 6) is -1.37. The van der Waals surface area contributed by atoms with Crippen LogP contribution in [0.1, 0.15) is 63.6 Å². The topological polar surface area (TPSA) is 102 Å². The normalized spacial score (nSPS) is 18.5. The van der Waals surface area contributed by atoms with E-state index < -0.39 is 40.0 Å². The van der Waals surface area contributed by atoms with Gasteiger partial charge in [-0.2, -0.15) is 13.2 Å². The number of carbonyl (C=O) groups is 2. The Morgan fingerprint density at radius 2 is 1.64 bits per heavy atom. The Balaban J connectivity index is 1.94. The molecule has 2 amide bonds. The van der Waals surface area contributed by atoms with Crippen LogP contribution < -0.4 is 14.8 Å². The van der Waals surface area contributed by atoms with E-state index in [-0.39, 0.29) is 30.4 Å². The molecule has 2 aromatic rings. The van der Waals surface area contributed by atoms with Gasteiger partial charge in [-0.1, -0.05) is 57.2 Å². The summed E-state index contributed by atoms with van der Waals surface area (Å²) in [6.07, 6.45) is -4.33. The largest absolute Gasteiger partial charge is 0.494 e. The smallest absolute Gasteiger partial charge is 0.389 e. The molecule has 1 atom stereocenters. The number of rotatable bonds is 8. The minimum absolute atomic E-state index is 0.0941. The second-order valence-electron chi connectivity index (χ2n) is 10.9. The summed E-state index contributed by atoms with van der Waals surface area (Å²) in [7, 11) is -3.92. The van der Waals surface area contributed by atoms with Crippen molar-refractivity contribution >= 4 is 27.4 Å². The minimum atomic E-state index is -4.24. The summed E-state index contributed by atoms with van der Waals surface area (Å²) in [6.45, 7) is 7.85. The zero-order chi connectivity index (χ0) is 29.2. The van der Waals surface area contributed by atoms with Crippen LogP contribution >= 0.6 is 0 Å². The Bertz CT molecular complexity index is 1360. The van der Waals surface area contributed by atoms with Crippen LogP contribution in [0.5, 0.6) is 5.75 Å². The lowest BCUT2D eigenvalue weighted by molar-refractivity contribution is -0.136. The number of ether oxygens (including phenoxy) is 1. The van der Waals surface area contributed by atoms with E-state index in [1.54, 1.807) is 43.3 Å². The highest BCUT2D eigenvalue weighted by atomic mass is 32.2. The molecule has 0 saturated heterocycles. The summed E-state index contributed by atoms with van der Waals surface area (Å²) < 4.78 is 67.9. The molecule has 1 aliphatic heterocycles. The Hall–Kier alpha value is -3.34. The number of amides is 2. The predicted molar refractivity (Wildman–Crippen MR) is 142 cm³/mol. The summed E-state index contributed by atoms with van der Waals surface area (Å²) in [5.41, 5.74) is 1.32. The van der Waals surface area contributed by atoms with Crippen molar-refractivity contribution in [1.82, 2.24) is 10.0 Å². The van der Waals surface area contributed by atoms with Crippen LogP contribution in [0.2, 0.25) is 0 Å². The molecule has 0 bridgehead atoms. The number of alkyl halides is 3. The monoisotopic (exact) mass is 566 g/mol. The SMILES string of the molecule is CC(C)(C)c1ccc(C2=C(C(=O)NS(C)(=O)=O)C(=O)NC(C)(c3ccc(OCCCC(F)(F)F)cc3)C2)cc1. The van der Waals surface area contributed by atoms with Crippen molar-refractivity contribution in [3.63, 3.8) is 0 Å². The zero-order valence-electron chi connectivity index (χ0n) is 22.5. The first-order valence-electron chi connectivity index (χ1n) is 12.4. The van der Waals surface area contributed by atoms with Crippen LogP contribution in [-0.4, -0.2) is 39.3 Å². The van der Waals surface area contributed by atoms with Crippen LogP contribution in [0.25, 0.3) is 5.57 Å². The van der Waals surface area contributed by atoms with Gasteiger partial charge < -0.3 is 10.1 Å². The van der Waals surface area contributed by atoms with E-state index in [9.17, 15) is 31.2 Å². The van der Waals surface area contributed by atoms with Gasteiger partial charge in [0.05, 0.1) is 18.4 Å². The Morgan fingerprint density at radius 3 is 2.15 bits per heavy atom. The lowest BCUT2D eigenvalue weighted by Gasteiger charge is -2.37. The number of nitrogens with one attached hydrogen (secondary N) is 2. The molecule has 7 nitrogen and oxygen atoms in total. The van der Waals surface area contributed by atoms with Crippen molar-refractivity contribution in [3.05, 3.63) is 70.8 Å². The fourth-order valence-corrected chi connectivity index (χ4v) is 4.81. The Morgan fingerprint density at radius 1 is 1.05 bits per heavy atom. The Labute approximate surface area is 226 Å². The maximum Gasteiger partial charge on any atom is 0.389 e. The molecule has 0 aliphatic carbocycles. The average Bonchev–Trinajstić information content (AvgIpc) is 2.79. The molecule has 1 heterocycles. The van der Waals surface area contributed by atoms with Gasteiger partial charge in [-0.15, -0.1) is 0 Å². The molecule has 1 aliphatic rings. The standard InChI is InChI=1S/C28H33F3N2O5S/c1-26(2,3)19-9-7-18(8-10-19)22-17-27(4,32-24(34)23(22)25(35)33-39(5,36)37)20-11-13-21(14-12-20)38-16-6-15-28(29,30)31/h7-14H,6,15-17H2,1-5H3,(H,32,34)(H,33,35). The number of sulfonamides is 1. The van der Waals surface area contributed by atoms with Crippen LogP contribution in [0.3, 0.4) is 0 Å². The van der Waals surface area contributed by atoms with Gasteiger partial charge in [0.1, 0.15) is 11.3 Å². The third-order valence-electron chi connectivity index (χ3n) is 6.42. The van der Waals surface area contributed by atoms with Crippen molar-refractivity contribution in [2.75, 3.05) is 12.9 Å². The van der Waals surface area contributed by atoms with Gasteiger partial charge in [0.2, 0.25) is 10.0 Å². The number of halogens is 3. The third-order valence-corrected chi connectivity index (χ3v) is 6.97. The van der Waals surface area contributed by atoms with E-state index >= 15 is 0 Å². The second-order valence-corrected chi connectivity index (χ2v) is 12.7. The molecule has 0 radical (unpaired) electrons. The molecule has 2 N–H and O–H groups in total. The van der Waals surface area contributed by atoms with Gasteiger partial charge in [-0.25, -0.2) is 13.1 Å². The van der Waals surface area contributed by atoms with E-state index in [1.807, 2.05) is 16.9 Å². The molecule has 2 aromatic carbocycles. The molecular weight excluding hydrogens is 533 g/mol. The van der Waals surface area contributed by atoms with Gasteiger partial charge in [-0.3, -0.25) is 9.59 Å². The van der Waals surface area contributed by atoms with Crippen molar-refractivity contribution < 1.29 is 35.9 Å². The van der Waals surface area contributed by atoms with E-state index in [1.165, 1.54) is 0 Å². The van der Waals surface area contributed by atoms with Crippen molar-refractivity contribution in [1.29, 1.82) is 0 Å². The number of benzene rings is 2.